The van der Waals surface area contributed by atoms with Crippen molar-refractivity contribution in [3.05, 3.63) is 95.7 Å². The summed E-state index contributed by atoms with van der Waals surface area (Å²) in [4.78, 5) is 9.32. The van der Waals surface area contributed by atoms with Gasteiger partial charge in [-0.05, 0) is 61.6 Å². The number of halogens is 1. The Bertz CT molecular complexity index is 1800. The molecule has 144 valence electrons. The summed E-state index contributed by atoms with van der Waals surface area (Å²) >= 11 is 3.75. The summed E-state index contributed by atoms with van der Waals surface area (Å²) < 4.78 is 1.13. The minimum absolute atomic E-state index is 0.948. The molecule has 2 heterocycles. The Kier molecular flexibility index (Phi) is 3.44. The van der Waals surface area contributed by atoms with E-state index in [0.717, 1.165) is 26.3 Å². The average Bonchev–Trinajstić information content (AvgIpc) is 2.83. The van der Waals surface area contributed by atoms with Gasteiger partial charge in [0.25, 0.3) is 0 Å². The van der Waals surface area contributed by atoms with E-state index in [1.807, 2.05) is 18.5 Å². The van der Waals surface area contributed by atoms with Gasteiger partial charge in [-0.15, -0.1) is 0 Å². The Morgan fingerprint density at radius 3 is 2.03 bits per heavy atom. The van der Waals surface area contributed by atoms with Gasteiger partial charge in [-0.25, -0.2) is 0 Å². The standard InChI is InChI=1S/C28H15BrN2/c29-24-12-7-17-4-9-21-19(8-3-16-5-11-23(24)26(17)25(16)21)20-13-15-31-28-22(20)10-6-18-2-1-14-30-27(18)28/h1-15H. The first-order valence-corrected chi connectivity index (χ1v) is 11.1. The van der Waals surface area contributed by atoms with Crippen LogP contribution in [0, 0.1) is 0 Å². The fraction of sp³-hybridized carbons (Fsp3) is 0. The Balaban J connectivity index is 1.64. The second-order valence-electron chi connectivity index (χ2n) is 7.98. The molecule has 0 saturated heterocycles. The zero-order valence-corrected chi connectivity index (χ0v) is 18.0. The maximum absolute atomic E-state index is 4.70. The van der Waals surface area contributed by atoms with Gasteiger partial charge in [-0.3, -0.25) is 9.97 Å². The van der Waals surface area contributed by atoms with Crippen molar-refractivity contribution in [1.29, 1.82) is 0 Å². The van der Waals surface area contributed by atoms with Gasteiger partial charge in [-0.2, -0.15) is 0 Å². The highest BCUT2D eigenvalue weighted by molar-refractivity contribution is 9.10. The molecule has 31 heavy (non-hydrogen) atoms. The lowest BCUT2D eigenvalue weighted by atomic mass is 9.89. The number of hydrogen-bond donors (Lipinski definition) is 0. The van der Waals surface area contributed by atoms with Crippen molar-refractivity contribution in [3.63, 3.8) is 0 Å². The number of aromatic nitrogens is 2. The highest BCUT2D eigenvalue weighted by atomic mass is 79.9. The molecule has 0 atom stereocenters. The predicted octanol–water partition coefficient (Wildman–Crippen LogP) is 8.11. The second-order valence-corrected chi connectivity index (χ2v) is 8.83. The predicted molar refractivity (Wildman–Crippen MR) is 134 cm³/mol. The third kappa shape index (κ3) is 2.32. The van der Waals surface area contributed by atoms with Crippen molar-refractivity contribution < 1.29 is 0 Å². The van der Waals surface area contributed by atoms with Gasteiger partial charge in [0, 0.05) is 27.6 Å². The van der Waals surface area contributed by atoms with Crippen LogP contribution in [0.25, 0.3) is 65.3 Å². The van der Waals surface area contributed by atoms with Gasteiger partial charge in [0.15, 0.2) is 0 Å². The van der Waals surface area contributed by atoms with E-state index in [-0.39, 0.29) is 0 Å². The van der Waals surface area contributed by atoms with Gasteiger partial charge in [-0.1, -0.05) is 76.6 Å². The molecule has 0 amide bonds. The maximum Gasteiger partial charge on any atom is 0.0970 e. The maximum atomic E-state index is 4.70. The number of nitrogens with zero attached hydrogens (tertiary/aromatic N) is 2. The van der Waals surface area contributed by atoms with Crippen LogP contribution in [0.4, 0.5) is 0 Å². The molecule has 0 spiro atoms. The van der Waals surface area contributed by atoms with Crippen molar-refractivity contribution >= 4 is 70.1 Å². The van der Waals surface area contributed by atoms with Crippen LogP contribution in [-0.4, -0.2) is 9.97 Å². The number of fused-ring (bicyclic) bond motifs is 3. The molecule has 0 fully saturated rings. The molecule has 5 aromatic carbocycles. The highest BCUT2D eigenvalue weighted by Gasteiger charge is 2.15. The molecule has 7 aromatic rings. The van der Waals surface area contributed by atoms with E-state index >= 15 is 0 Å². The van der Waals surface area contributed by atoms with Gasteiger partial charge in [0.2, 0.25) is 0 Å². The Morgan fingerprint density at radius 1 is 0.484 bits per heavy atom. The van der Waals surface area contributed by atoms with Crippen molar-refractivity contribution in [2.45, 2.75) is 0 Å². The summed E-state index contributed by atoms with van der Waals surface area (Å²) in [6.07, 6.45) is 3.74. The van der Waals surface area contributed by atoms with Crippen LogP contribution in [0.1, 0.15) is 0 Å². The summed E-state index contributed by atoms with van der Waals surface area (Å²) in [6, 6.07) is 28.2. The quantitative estimate of drug-likeness (QED) is 0.232. The average molecular weight is 459 g/mol. The van der Waals surface area contributed by atoms with Crippen LogP contribution >= 0.6 is 15.9 Å². The number of rotatable bonds is 1. The van der Waals surface area contributed by atoms with Crippen molar-refractivity contribution in [2.75, 3.05) is 0 Å². The normalized spacial score (nSPS) is 12.0. The van der Waals surface area contributed by atoms with Crippen LogP contribution in [0.2, 0.25) is 0 Å². The minimum Gasteiger partial charge on any atom is -0.254 e. The molecule has 0 unspecified atom stereocenters. The zero-order chi connectivity index (χ0) is 20.5. The topological polar surface area (TPSA) is 25.8 Å². The first-order chi connectivity index (χ1) is 15.3. The SMILES string of the molecule is Brc1ccc2ccc3c(-c4ccnc5c4ccc4cccnc45)ccc4ccc1c2c43. The number of hydrogen-bond acceptors (Lipinski definition) is 2. The molecule has 0 bridgehead atoms. The van der Waals surface area contributed by atoms with Gasteiger partial charge < -0.3 is 0 Å². The fourth-order valence-electron chi connectivity index (χ4n) is 4.99. The van der Waals surface area contributed by atoms with Crippen LogP contribution < -0.4 is 0 Å². The summed E-state index contributed by atoms with van der Waals surface area (Å²) in [7, 11) is 0. The van der Waals surface area contributed by atoms with Crippen LogP contribution in [0.5, 0.6) is 0 Å². The van der Waals surface area contributed by atoms with Crippen molar-refractivity contribution in [2.24, 2.45) is 0 Å². The monoisotopic (exact) mass is 458 g/mol. The molecule has 3 heteroatoms. The lowest BCUT2D eigenvalue weighted by Crippen LogP contribution is -1.91. The Morgan fingerprint density at radius 2 is 1.13 bits per heavy atom. The van der Waals surface area contributed by atoms with E-state index in [0.29, 0.717) is 0 Å². The molecule has 0 saturated carbocycles. The molecule has 0 aliphatic carbocycles. The van der Waals surface area contributed by atoms with Gasteiger partial charge in [0.1, 0.15) is 0 Å². The molecule has 0 aliphatic rings. The fourth-order valence-corrected chi connectivity index (χ4v) is 5.45. The van der Waals surface area contributed by atoms with Gasteiger partial charge >= 0.3 is 0 Å². The molecular formula is C28H15BrN2. The summed E-state index contributed by atoms with van der Waals surface area (Å²) in [5.41, 5.74) is 4.31. The Labute approximate surface area is 186 Å². The van der Waals surface area contributed by atoms with Crippen molar-refractivity contribution in [3.8, 4) is 11.1 Å². The van der Waals surface area contributed by atoms with E-state index in [1.165, 1.54) is 43.4 Å². The molecule has 2 aromatic heterocycles. The highest BCUT2D eigenvalue weighted by Crippen LogP contribution is 2.42. The third-order valence-electron chi connectivity index (χ3n) is 6.38. The summed E-state index contributed by atoms with van der Waals surface area (Å²) in [5, 5.41) is 9.92. The Hall–Kier alpha value is -3.56. The van der Waals surface area contributed by atoms with Crippen LogP contribution in [-0.2, 0) is 0 Å². The smallest absolute Gasteiger partial charge is 0.0970 e. The first kappa shape index (κ1) is 17.2. The van der Waals surface area contributed by atoms with E-state index in [1.54, 1.807) is 0 Å². The molecule has 0 N–H and O–H groups in total. The second kappa shape index (κ2) is 6.22. The van der Waals surface area contributed by atoms with Crippen molar-refractivity contribution in [1.82, 2.24) is 9.97 Å². The first-order valence-electron chi connectivity index (χ1n) is 10.3. The summed E-state index contributed by atoms with van der Waals surface area (Å²) in [6.45, 7) is 0. The molecule has 2 nitrogen and oxygen atoms in total. The molecule has 7 rings (SSSR count). The zero-order valence-electron chi connectivity index (χ0n) is 16.4. The van der Waals surface area contributed by atoms with E-state index < -0.39 is 0 Å². The molecular weight excluding hydrogens is 444 g/mol. The largest absolute Gasteiger partial charge is 0.254 e. The lowest BCUT2D eigenvalue weighted by molar-refractivity contribution is 1.37. The molecule has 0 radical (unpaired) electrons. The number of pyridine rings is 2. The lowest BCUT2D eigenvalue weighted by Gasteiger charge is -2.16. The van der Waals surface area contributed by atoms with E-state index in [4.69, 9.17) is 4.98 Å². The van der Waals surface area contributed by atoms with E-state index in [2.05, 4.69) is 93.7 Å². The minimum atomic E-state index is 0.948. The molecule has 0 aliphatic heterocycles. The van der Waals surface area contributed by atoms with E-state index in [9.17, 15) is 0 Å². The van der Waals surface area contributed by atoms with Crippen LogP contribution in [0.15, 0.2) is 95.7 Å². The van der Waals surface area contributed by atoms with Gasteiger partial charge in [0.05, 0.1) is 11.0 Å². The summed E-state index contributed by atoms with van der Waals surface area (Å²) in [5.74, 6) is 0. The third-order valence-corrected chi connectivity index (χ3v) is 7.08. The van der Waals surface area contributed by atoms with Crippen LogP contribution in [0.3, 0.4) is 0 Å². The number of benzene rings is 5.